The van der Waals surface area contributed by atoms with Crippen molar-refractivity contribution in [2.75, 3.05) is 13.1 Å². The molecule has 2 heterocycles. The van der Waals surface area contributed by atoms with E-state index in [0.717, 1.165) is 44.6 Å². The number of carboxylic acids is 1. The number of hydrogen-bond donors (Lipinski definition) is 3. The molecule has 2 fully saturated rings. The molecule has 3 rings (SSSR count). The number of nitrogens with one attached hydrogen (secondary N) is 2. The minimum Gasteiger partial charge on any atom is -0.481 e. The molecular weight excluding hydrogens is 391 g/mol. The maximum atomic E-state index is 12.2. The summed E-state index contributed by atoms with van der Waals surface area (Å²) in [5.74, 6) is 0.0652. The molecule has 2 aliphatic rings. The van der Waals surface area contributed by atoms with Crippen molar-refractivity contribution < 1.29 is 14.7 Å². The van der Waals surface area contributed by atoms with Gasteiger partial charge in [0.15, 0.2) is 0 Å². The van der Waals surface area contributed by atoms with Gasteiger partial charge in [-0.3, -0.25) is 9.59 Å². The number of aromatic nitrogens is 2. The first-order valence-corrected chi connectivity index (χ1v) is 9.38. The molecule has 0 atom stereocenters. The van der Waals surface area contributed by atoms with Gasteiger partial charge >= 0.3 is 5.97 Å². The van der Waals surface area contributed by atoms with Crippen molar-refractivity contribution >= 4 is 36.7 Å². The molecule has 0 spiro atoms. The molecule has 1 saturated heterocycles. The van der Waals surface area contributed by atoms with E-state index >= 15 is 0 Å². The van der Waals surface area contributed by atoms with Crippen LogP contribution in [0.1, 0.15) is 56.8 Å². The van der Waals surface area contributed by atoms with Crippen LogP contribution in [0, 0.1) is 5.92 Å². The number of hydrogen-bond acceptors (Lipinski definition) is 4. The summed E-state index contributed by atoms with van der Waals surface area (Å²) in [6.07, 6.45) is 9.94. The third-order valence-corrected chi connectivity index (χ3v) is 5.47. The maximum absolute atomic E-state index is 12.2. The first kappa shape index (κ1) is 23.7. The van der Waals surface area contributed by atoms with Crippen LogP contribution in [-0.4, -0.2) is 45.7 Å². The fourth-order valence-electron chi connectivity index (χ4n) is 3.96. The highest BCUT2D eigenvalue weighted by Crippen LogP contribution is 2.24. The fourth-order valence-corrected chi connectivity index (χ4v) is 3.96. The van der Waals surface area contributed by atoms with Crippen molar-refractivity contribution in [3.05, 3.63) is 18.2 Å². The maximum Gasteiger partial charge on any atom is 0.306 e. The molecule has 27 heavy (non-hydrogen) atoms. The van der Waals surface area contributed by atoms with Crippen molar-refractivity contribution in [1.29, 1.82) is 0 Å². The van der Waals surface area contributed by atoms with E-state index in [-0.39, 0.29) is 42.7 Å². The molecule has 7 nitrogen and oxygen atoms in total. The zero-order chi connectivity index (χ0) is 17.6. The van der Waals surface area contributed by atoms with Crippen LogP contribution in [0.5, 0.6) is 0 Å². The summed E-state index contributed by atoms with van der Waals surface area (Å²) < 4.78 is 2.23. The van der Waals surface area contributed by atoms with Gasteiger partial charge in [-0.05, 0) is 51.6 Å². The third kappa shape index (κ3) is 6.66. The van der Waals surface area contributed by atoms with Gasteiger partial charge < -0.3 is 20.3 Å². The molecule has 0 unspecified atom stereocenters. The Hall–Kier alpha value is -1.31. The molecule has 1 aromatic rings. The lowest BCUT2D eigenvalue weighted by Gasteiger charge is -2.27. The van der Waals surface area contributed by atoms with Crippen LogP contribution in [-0.2, 0) is 16.0 Å². The Kier molecular flexibility index (Phi) is 10.1. The molecule has 1 saturated carbocycles. The summed E-state index contributed by atoms with van der Waals surface area (Å²) in [4.78, 5) is 27.7. The summed E-state index contributed by atoms with van der Waals surface area (Å²) in [6.45, 7) is 2.06. The van der Waals surface area contributed by atoms with Crippen molar-refractivity contribution in [3.63, 3.8) is 0 Å². The van der Waals surface area contributed by atoms with Crippen molar-refractivity contribution in [1.82, 2.24) is 20.2 Å². The summed E-state index contributed by atoms with van der Waals surface area (Å²) in [5.41, 5.74) is 0. The number of nitrogens with zero attached hydrogens (tertiary/aromatic N) is 2. The Morgan fingerprint density at radius 2 is 1.81 bits per heavy atom. The molecule has 1 aliphatic heterocycles. The van der Waals surface area contributed by atoms with Gasteiger partial charge in [0.2, 0.25) is 5.91 Å². The van der Waals surface area contributed by atoms with Gasteiger partial charge in [-0.2, -0.15) is 0 Å². The SMILES string of the molecule is Cl.Cl.O=C(CCc1nccn1C1CCNCC1)N[C@H]1CC[C@H](C(=O)O)CC1. The molecule has 0 radical (unpaired) electrons. The van der Waals surface area contributed by atoms with E-state index in [9.17, 15) is 9.59 Å². The van der Waals surface area contributed by atoms with E-state index in [0.29, 0.717) is 31.7 Å². The molecule has 1 aromatic heterocycles. The van der Waals surface area contributed by atoms with Crippen LogP contribution in [0.2, 0.25) is 0 Å². The van der Waals surface area contributed by atoms with E-state index in [1.165, 1.54) is 0 Å². The molecule has 3 N–H and O–H groups in total. The topological polar surface area (TPSA) is 96.3 Å². The highest BCUT2D eigenvalue weighted by Gasteiger charge is 2.26. The second-order valence-electron chi connectivity index (χ2n) is 7.19. The van der Waals surface area contributed by atoms with Gasteiger partial charge in [-0.15, -0.1) is 24.8 Å². The lowest BCUT2D eigenvalue weighted by molar-refractivity contribution is -0.142. The lowest BCUT2D eigenvalue weighted by atomic mass is 9.86. The number of rotatable bonds is 6. The first-order valence-electron chi connectivity index (χ1n) is 9.38. The largest absolute Gasteiger partial charge is 0.481 e. The Labute approximate surface area is 172 Å². The minimum atomic E-state index is -0.713. The van der Waals surface area contributed by atoms with Crippen LogP contribution in [0.4, 0.5) is 0 Å². The predicted molar refractivity (Wildman–Crippen MR) is 108 cm³/mol. The number of imidazole rings is 1. The second-order valence-corrected chi connectivity index (χ2v) is 7.19. The number of carbonyl (C=O) groups excluding carboxylic acids is 1. The van der Waals surface area contributed by atoms with Gasteiger partial charge in [-0.25, -0.2) is 4.98 Å². The Balaban J connectivity index is 0.00000182. The Bertz CT molecular complexity index is 597. The van der Waals surface area contributed by atoms with Crippen LogP contribution in [0.15, 0.2) is 12.4 Å². The number of halogens is 2. The smallest absolute Gasteiger partial charge is 0.306 e. The van der Waals surface area contributed by atoms with Crippen molar-refractivity contribution in [3.8, 4) is 0 Å². The molecular formula is C18H30Cl2N4O3. The predicted octanol–water partition coefficient (Wildman–Crippen LogP) is 2.34. The van der Waals surface area contributed by atoms with Gasteiger partial charge in [-0.1, -0.05) is 0 Å². The van der Waals surface area contributed by atoms with Crippen LogP contribution in [0.25, 0.3) is 0 Å². The number of piperidine rings is 1. The molecule has 154 valence electrons. The van der Waals surface area contributed by atoms with E-state index < -0.39 is 5.97 Å². The molecule has 1 amide bonds. The number of amides is 1. The highest BCUT2D eigenvalue weighted by atomic mass is 35.5. The Morgan fingerprint density at radius 1 is 1.15 bits per heavy atom. The van der Waals surface area contributed by atoms with Crippen LogP contribution < -0.4 is 10.6 Å². The summed E-state index contributed by atoms with van der Waals surface area (Å²) in [6, 6.07) is 0.598. The molecule has 9 heteroatoms. The molecule has 0 aromatic carbocycles. The van der Waals surface area contributed by atoms with E-state index in [2.05, 4.69) is 20.2 Å². The number of aryl methyl sites for hydroxylation is 1. The normalized spacial score (nSPS) is 23.0. The van der Waals surface area contributed by atoms with Crippen LogP contribution in [0.3, 0.4) is 0 Å². The van der Waals surface area contributed by atoms with Crippen molar-refractivity contribution in [2.24, 2.45) is 5.92 Å². The number of aliphatic carboxylic acids is 1. The standard InChI is InChI=1S/C18H28N4O3.2ClH/c23-17(21-14-3-1-13(2-4-14)18(24)25)6-5-16-20-11-12-22(16)15-7-9-19-10-8-15;;/h11-15,19H,1-10H2,(H,21,23)(H,24,25);2*1H/t13-,14-;;. The zero-order valence-corrected chi connectivity index (χ0v) is 17.1. The lowest BCUT2D eigenvalue weighted by Crippen LogP contribution is -2.38. The number of carboxylic acid groups (broad SMARTS) is 1. The Morgan fingerprint density at radius 3 is 2.44 bits per heavy atom. The minimum absolute atomic E-state index is 0. The van der Waals surface area contributed by atoms with Gasteiger partial charge in [0.05, 0.1) is 5.92 Å². The monoisotopic (exact) mass is 420 g/mol. The zero-order valence-electron chi connectivity index (χ0n) is 15.4. The summed E-state index contributed by atoms with van der Waals surface area (Å²) >= 11 is 0. The number of carbonyl (C=O) groups is 2. The fraction of sp³-hybridized carbons (Fsp3) is 0.722. The highest BCUT2D eigenvalue weighted by molar-refractivity contribution is 5.85. The third-order valence-electron chi connectivity index (χ3n) is 5.47. The first-order chi connectivity index (χ1) is 12.1. The van der Waals surface area contributed by atoms with Crippen molar-refractivity contribution in [2.45, 2.75) is 63.5 Å². The van der Waals surface area contributed by atoms with E-state index in [1.807, 2.05) is 12.4 Å². The van der Waals surface area contributed by atoms with E-state index in [1.54, 1.807) is 0 Å². The average molecular weight is 421 g/mol. The van der Waals surface area contributed by atoms with Gasteiger partial charge in [0, 0.05) is 37.3 Å². The quantitative estimate of drug-likeness (QED) is 0.655. The van der Waals surface area contributed by atoms with Crippen LogP contribution >= 0.6 is 24.8 Å². The molecule has 0 bridgehead atoms. The second kappa shape index (κ2) is 11.5. The van der Waals surface area contributed by atoms with Gasteiger partial charge in [0.25, 0.3) is 0 Å². The summed E-state index contributed by atoms with van der Waals surface area (Å²) in [5, 5.41) is 15.5. The van der Waals surface area contributed by atoms with E-state index in [4.69, 9.17) is 5.11 Å². The average Bonchev–Trinajstić information content (AvgIpc) is 3.10. The summed E-state index contributed by atoms with van der Waals surface area (Å²) in [7, 11) is 0. The molecule has 1 aliphatic carbocycles. The van der Waals surface area contributed by atoms with Gasteiger partial charge in [0.1, 0.15) is 5.82 Å².